The number of methoxy groups -OCH3 is 1. The SMILES string of the molecule is COC(=O)C(OC(C)(C)C)c1c(C)c(CO)c2nc3c(Cl)n2c1N1CCC(C)(CC1)OCCCCC(C)Oc1ccc(F)cc1-c1cccc-3c1. The van der Waals surface area contributed by atoms with Gasteiger partial charge in [-0.3, -0.25) is 4.40 Å². The summed E-state index contributed by atoms with van der Waals surface area (Å²) >= 11 is 7.40. The van der Waals surface area contributed by atoms with Gasteiger partial charge in [0.25, 0.3) is 0 Å². The van der Waals surface area contributed by atoms with Crippen LogP contribution in [0.4, 0.5) is 10.2 Å². The van der Waals surface area contributed by atoms with Crippen molar-refractivity contribution in [1.82, 2.24) is 9.38 Å². The molecule has 1 N–H and O–H groups in total. The smallest absolute Gasteiger partial charge is 0.339 e. The highest BCUT2D eigenvalue weighted by Gasteiger charge is 2.39. The van der Waals surface area contributed by atoms with Gasteiger partial charge in [-0.25, -0.2) is 14.2 Å². The van der Waals surface area contributed by atoms with Crippen LogP contribution < -0.4 is 9.64 Å². The Labute approximate surface area is 304 Å². The molecule has 6 bridgehead atoms. The highest BCUT2D eigenvalue weighted by atomic mass is 35.5. The number of rotatable bonds is 4. The number of hydrogen-bond donors (Lipinski definition) is 1. The van der Waals surface area contributed by atoms with Crippen LogP contribution in [0, 0.1) is 12.7 Å². The van der Waals surface area contributed by atoms with E-state index >= 15 is 0 Å². The van der Waals surface area contributed by atoms with Crippen molar-refractivity contribution in [3.8, 4) is 28.1 Å². The molecule has 5 heterocycles. The van der Waals surface area contributed by atoms with Gasteiger partial charge in [-0.05, 0) is 109 Å². The monoisotopic (exact) mass is 721 g/mol. The lowest BCUT2D eigenvalue weighted by atomic mass is 9.91. The first kappa shape index (κ1) is 37.1. The second-order valence-corrected chi connectivity index (χ2v) is 15.3. The van der Waals surface area contributed by atoms with Gasteiger partial charge in [0, 0.05) is 42.0 Å². The van der Waals surface area contributed by atoms with Gasteiger partial charge in [-0.15, -0.1) is 0 Å². The molecule has 51 heavy (non-hydrogen) atoms. The summed E-state index contributed by atoms with van der Waals surface area (Å²) in [5.74, 6) is 0.313. The standard InChI is InChI=1S/C40H49ClFN3O6/c1-24-11-8-9-20-49-40(6)16-18-44(19-17-40)37-32(34(38(47)48-7)51-39(3,4)5)25(2)30(23-46)36-43-33(35(41)45(36)37)27-13-10-12-26(21-27)29-22-28(42)14-15-31(29)50-24/h10,12-15,21-22,24,34,46H,8-9,11,16-20,23H2,1-7H3. The molecule has 3 aliphatic rings. The van der Waals surface area contributed by atoms with E-state index in [1.54, 1.807) is 6.07 Å². The van der Waals surface area contributed by atoms with E-state index in [0.29, 0.717) is 75.6 Å². The Kier molecular flexibility index (Phi) is 10.7. The van der Waals surface area contributed by atoms with Gasteiger partial charge in [0.2, 0.25) is 0 Å². The molecule has 0 saturated carbocycles. The molecule has 2 aromatic heterocycles. The molecule has 3 aliphatic heterocycles. The van der Waals surface area contributed by atoms with Crippen LogP contribution in [0.5, 0.6) is 5.75 Å². The molecule has 4 aromatic rings. The Balaban J connectivity index is 1.63. The average Bonchev–Trinajstić information content (AvgIpc) is 3.43. The highest BCUT2D eigenvalue weighted by Crippen LogP contribution is 2.44. The molecule has 1 fully saturated rings. The summed E-state index contributed by atoms with van der Waals surface area (Å²) in [4.78, 5) is 20.9. The number of carbonyl (C=O) groups is 1. The first-order chi connectivity index (χ1) is 24.2. The Morgan fingerprint density at radius 3 is 2.57 bits per heavy atom. The quantitative estimate of drug-likeness (QED) is 0.210. The second-order valence-electron chi connectivity index (χ2n) is 15.0. The van der Waals surface area contributed by atoms with Gasteiger partial charge in [-0.1, -0.05) is 29.8 Å². The van der Waals surface area contributed by atoms with Gasteiger partial charge < -0.3 is 29.0 Å². The molecule has 274 valence electrons. The molecule has 9 nitrogen and oxygen atoms in total. The molecule has 0 radical (unpaired) electrons. The summed E-state index contributed by atoms with van der Waals surface area (Å²) in [7, 11) is 1.34. The van der Waals surface area contributed by atoms with E-state index in [1.807, 2.05) is 63.3 Å². The third-order valence-corrected chi connectivity index (χ3v) is 10.3. The third-order valence-electron chi connectivity index (χ3n) is 10.0. The summed E-state index contributed by atoms with van der Waals surface area (Å²) in [6.07, 6.45) is 2.92. The van der Waals surface area contributed by atoms with E-state index in [4.69, 9.17) is 35.5 Å². The van der Waals surface area contributed by atoms with Crippen molar-refractivity contribution in [2.45, 2.75) is 104 Å². The zero-order valence-corrected chi connectivity index (χ0v) is 31.4. The number of halogens is 2. The number of fused-ring (bicyclic) bond motifs is 8. The topological polar surface area (TPSA) is 94.8 Å². The number of esters is 1. The lowest BCUT2D eigenvalue weighted by Crippen LogP contribution is -2.46. The number of hydrogen-bond acceptors (Lipinski definition) is 8. The van der Waals surface area contributed by atoms with E-state index in [-0.39, 0.29) is 24.1 Å². The van der Waals surface area contributed by atoms with Crippen molar-refractivity contribution < 1.29 is 33.2 Å². The van der Waals surface area contributed by atoms with E-state index in [2.05, 4.69) is 11.8 Å². The lowest BCUT2D eigenvalue weighted by Gasteiger charge is -2.42. The first-order valence-electron chi connectivity index (χ1n) is 17.8. The number of carbonyl (C=O) groups excluding carboxylic acids is 1. The zero-order valence-electron chi connectivity index (χ0n) is 30.6. The van der Waals surface area contributed by atoms with Crippen LogP contribution in [0.15, 0.2) is 42.5 Å². The Morgan fingerprint density at radius 2 is 1.88 bits per heavy atom. The molecule has 0 spiro atoms. The molecule has 2 aromatic carbocycles. The van der Waals surface area contributed by atoms with Crippen molar-refractivity contribution in [2.24, 2.45) is 0 Å². The normalized spacial score (nSPS) is 20.6. The molecular formula is C40H49ClFN3O6. The minimum absolute atomic E-state index is 0.0847. The van der Waals surface area contributed by atoms with E-state index in [9.17, 15) is 14.3 Å². The molecule has 7 rings (SSSR count). The van der Waals surface area contributed by atoms with Crippen LogP contribution >= 0.6 is 11.6 Å². The maximum absolute atomic E-state index is 14.7. The maximum Gasteiger partial charge on any atom is 0.339 e. The van der Waals surface area contributed by atoms with Gasteiger partial charge in [0.15, 0.2) is 6.10 Å². The van der Waals surface area contributed by atoms with Gasteiger partial charge in [0.1, 0.15) is 33.9 Å². The van der Waals surface area contributed by atoms with Gasteiger partial charge in [-0.2, -0.15) is 0 Å². The lowest BCUT2D eigenvalue weighted by molar-refractivity contribution is -0.164. The fourth-order valence-electron chi connectivity index (χ4n) is 7.23. The number of aromatic nitrogens is 2. The Bertz CT molecular complexity index is 1910. The fourth-order valence-corrected chi connectivity index (χ4v) is 7.54. The van der Waals surface area contributed by atoms with Gasteiger partial charge in [0.05, 0.1) is 31.0 Å². The van der Waals surface area contributed by atoms with E-state index in [0.717, 1.165) is 37.7 Å². The van der Waals surface area contributed by atoms with Crippen LogP contribution in [0.2, 0.25) is 5.15 Å². The van der Waals surface area contributed by atoms with Gasteiger partial charge >= 0.3 is 5.97 Å². The Hall–Kier alpha value is -3.70. The van der Waals surface area contributed by atoms with Crippen LogP contribution in [-0.4, -0.2) is 64.6 Å². The number of piperidine rings is 1. The molecule has 0 amide bonds. The van der Waals surface area contributed by atoms with Crippen molar-refractivity contribution in [3.63, 3.8) is 0 Å². The zero-order chi connectivity index (χ0) is 36.7. The molecule has 11 heteroatoms. The minimum Gasteiger partial charge on any atom is -0.490 e. The van der Waals surface area contributed by atoms with E-state index < -0.39 is 17.7 Å². The van der Waals surface area contributed by atoms with Crippen LogP contribution in [0.25, 0.3) is 28.0 Å². The molecule has 0 aliphatic carbocycles. The predicted molar refractivity (Wildman–Crippen MR) is 197 cm³/mol. The summed E-state index contributed by atoms with van der Waals surface area (Å²) < 4.78 is 41.3. The largest absolute Gasteiger partial charge is 0.490 e. The predicted octanol–water partition coefficient (Wildman–Crippen LogP) is 8.62. The average molecular weight is 722 g/mol. The third kappa shape index (κ3) is 7.61. The molecule has 2 atom stereocenters. The number of ether oxygens (including phenoxy) is 4. The van der Waals surface area contributed by atoms with Crippen LogP contribution in [0.3, 0.4) is 0 Å². The summed E-state index contributed by atoms with van der Waals surface area (Å²) in [5.41, 5.74) is 3.70. The molecule has 1 saturated heterocycles. The number of imidazole rings is 1. The van der Waals surface area contributed by atoms with Crippen molar-refractivity contribution in [1.29, 1.82) is 0 Å². The van der Waals surface area contributed by atoms with Crippen molar-refractivity contribution in [2.75, 3.05) is 31.7 Å². The van der Waals surface area contributed by atoms with Crippen molar-refractivity contribution >= 4 is 29.0 Å². The van der Waals surface area contributed by atoms with Crippen LogP contribution in [-0.2, 0) is 25.6 Å². The number of pyridine rings is 1. The number of aliphatic hydroxyl groups excluding tert-OH is 1. The summed E-state index contributed by atoms with van der Waals surface area (Å²) in [5, 5.41) is 11.2. The summed E-state index contributed by atoms with van der Waals surface area (Å²) in [6, 6.07) is 12.2. The van der Waals surface area contributed by atoms with Crippen molar-refractivity contribution in [3.05, 3.63) is 70.1 Å². The molecule has 2 unspecified atom stereocenters. The first-order valence-corrected chi connectivity index (χ1v) is 18.2. The molecular weight excluding hydrogens is 673 g/mol. The minimum atomic E-state index is -1.12. The summed E-state index contributed by atoms with van der Waals surface area (Å²) in [6.45, 7) is 13.2. The maximum atomic E-state index is 14.7. The van der Waals surface area contributed by atoms with Crippen LogP contribution in [0.1, 0.15) is 89.5 Å². The number of anilines is 1. The second kappa shape index (κ2) is 14.7. The number of nitrogens with zero attached hydrogens (tertiary/aromatic N) is 3. The highest BCUT2D eigenvalue weighted by molar-refractivity contribution is 6.32. The van der Waals surface area contributed by atoms with E-state index in [1.165, 1.54) is 19.2 Å². The number of benzene rings is 2. The Morgan fingerprint density at radius 1 is 1.16 bits per heavy atom. The fraction of sp³-hybridized carbons (Fsp3) is 0.500. The number of aliphatic hydroxyl groups is 1.